The summed E-state index contributed by atoms with van der Waals surface area (Å²) in [7, 11) is 1.63. The molecule has 1 amide bonds. The summed E-state index contributed by atoms with van der Waals surface area (Å²) >= 11 is 1.30. The summed E-state index contributed by atoms with van der Waals surface area (Å²) in [6.45, 7) is 1.09. The lowest BCUT2D eigenvalue weighted by Crippen LogP contribution is -2.30. The number of nitrogens with zero attached hydrogens (tertiary/aromatic N) is 2. The normalized spacial score (nSPS) is 17.5. The standard InChI is InChI=1S/C20H19FN2O2S/c1-25-12-6-11-23-19(24)18(14-15-7-5-8-16(21)13-15)26-20(23)22-17-9-3-2-4-10-17/h2-5,7-10,13-14H,6,11-12H2,1H3/b18-14-,22-20?. The third-order valence-corrected chi connectivity index (χ3v) is 4.75. The third kappa shape index (κ3) is 4.59. The topological polar surface area (TPSA) is 41.9 Å². The Morgan fingerprint density at radius 1 is 1.19 bits per heavy atom. The average molecular weight is 370 g/mol. The number of amides is 1. The van der Waals surface area contributed by atoms with Gasteiger partial charge < -0.3 is 4.74 Å². The van der Waals surface area contributed by atoms with Gasteiger partial charge in [-0.3, -0.25) is 9.69 Å². The molecular weight excluding hydrogens is 351 g/mol. The molecule has 0 radical (unpaired) electrons. The fraction of sp³-hybridized carbons (Fsp3) is 0.200. The summed E-state index contributed by atoms with van der Waals surface area (Å²) in [4.78, 5) is 19.6. The van der Waals surface area contributed by atoms with E-state index in [9.17, 15) is 9.18 Å². The molecule has 1 heterocycles. The van der Waals surface area contributed by atoms with Crippen molar-refractivity contribution in [1.82, 2.24) is 4.90 Å². The first-order valence-corrected chi connectivity index (χ1v) is 9.08. The number of para-hydroxylation sites is 1. The Hall–Kier alpha value is -2.44. The Morgan fingerprint density at radius 3 is 2.73 bits per heavy atom. The molecule has 4 nitrogen and oxygen atoms in total. The number of carbonyl (C=O) groups is 1. The predicted molar refractivity (Wildman–Crippen MR) is 104 cm³/mol. The number of rotatable bonds is 6. The van der Waals surface area contributed by atoms with Gasteiger partial charge in [0.05, 0.1) is 10.6 Å². The number of thioether (sulfide) groups is 1. The van der Waals surface area contributed by atoms with Crippen LogP contribution in [0.5, 0.6) is 0 Å². The van der Waals surface area contributed by atoms with Crippen LogP contribution in [0.4, 0.5) is 10.1 Å². The summed E-state index contributed by atoms with van der Waals surface area (Å²) in [5, 5.41) is 0.625. The predicted octanol–water partition coefficient (Wildman–Crippen LogP) is 4.47. The molecule has 3 rings (SSSR count). The van der Waals surface area contributed by atoms with Crippen molar-refractivity contribution in [2.45, 2.75) is 6.42 Å². The van der Waals surface area contributed by atoms with Crippen molar-refractivity contribution in [3.8, 4) is 0 Å². The average Bonchev–Trinajstić information content (AvgIpc) is 2.91. The number of carbonyl (C=O) groups excluding carboxylic acids is 1. The SMILES string of the molecule is COCCCN1C(=O)/C(=C/c2cccc(F)c2)SC1=Nc1ccccc1. The van der Waals surface area contributed by atoms with Gasteiger partial charge in [-0.1, -0.05) is 30.3 Å². The fourth-order valence-corrected chi connectivity index (χ4v) is 3.54. The van der Waals surface area contributed by atoms with Crippen LogP contribution in [0.3, 0.4) is 0 Å². The first-order chi connectivity index (χ1) is 12.7. The van der Waals surface area contributed by atoms with Gasteiger partial charge >= 0.3 is 0 Å². The zero-order valence-electron chi connectivity index (χ0n) is 14.4. The van der Waals surface area contributed by atoms with E-state index in [0.717, 1.165) is 5.69 Å². The molecule has 0 unspecified atom stereocenters. The van der Waals surface area contributed by atoms with Crippen molar-refractivity contribution >= 4 is 34.6 Å². The Bertz CT molecular complexity index is 837. The molecule has 1 saturated heterocycles. The highest BCUT2D eigenvalue weighted by molar-refractivity contribution is 8.18. The monoisotopic (exact) mass is 370 g/mol. The first-order valence-electron chi connectivity index (χ1n) is 8.27. The number of amidine groups is 1. The molecule has 6 heteroatoms. The van der Waals surface area contributed by atoms with E-state index in [2.05, 4.69) is 4.99 Å². The Labute approximate surface area is 156 Å². The fourth-order valence-electron chi connectivity index (χ4n) is 2.52. The van der Waals surface area contributed by atoms with Gasteiger partial charge in [-0.05, 0) is 54.1 Å². The molecular formula is C20H19FN2O2S. The van der Waals surface area contributed by atoms with Gasteiger partial charge in [0.25, 0.3) is 5.91 Å². The number of methoxy groups -OCH3 is 1. The zero-order valence-corrected chi connectivity index (χ0v) is 15.2. The van der Waals surface area contributed by atoms with Gasteiger partial charge in [-0.15, -0.1) is 0 Å². The van der Waals surface area contributed by atoms with Gasteiger partial charge in [0, 0.05) is 20.3 Å². The summed E-state index contributed by atoms with van der Waals surface area (Å²) in [5.41, 5.74) is 1.44. The molecule has 1 aliphatic rings. The quantitative estimate of drug-likeness (QED) is 0.557. The number of hydrogen-bond donors (Lipinski definition) is 0. The van der Waals surface area contributed by atoms with E-state index in [-0.39, 0.29) is 11.7 Å². The second-order valence-corrected chi connectivity index (χ2v) is 6.71. The Kier molecular flexibility index (Phi) is 6.20. The van der Waals surface area contributed by atoms with Crippen molar-refractivity contribution in [2.24, 2.45) is 4.99 Å². The minimum Gasteiger partial charge on any atom is -0.385 e. The van der Waals surface area contributed by atoms with Gasteiger partial charge in [-0.2, -0.15) is 0 Å². The molecule has 0 bridgehead atoms. The maximum atomic E-state index is 13.4. The van der Waals surface area contributed by atoms with Crippen LogP contribution in [0.2, 0.25) is 0 Å². The van der Waals surface area contributed by atoms with Crippen molar-refractivity contribution < 1.29 is 13.9 Å². The van der Waals surface area contributed by atoms with Gasteiger partial charge in [0.2, 0.25) is 0 Å². The molecule has 2 aromatic carbocycles. The lowest BCUT2D eigenvalue weighted by molar-refractivity contribution is -0.122. The minimum absolute atomic E-state index is 0.120. The molecule has 134 valence electrons. The Morgan fingerprint density at radius 2 is 2.00 bits per heavy atom. The van der Waals surface area contributed by atoms with E-state index in [1.807, 2.05) is 30.3 Å². The van der Waals surface area contributed by atoms with Crippen LogP contribution in [0, 0.1) is 5.82 Å². The highest BCUT2D eigenvalue weighted by Crippen LogP contribution is 2.34. The second-order valence-electron chi connectivity index (χ2n) is 5.70. The summed E-state index contributed by atoms with van der Waals surface area (Å²) in [6.07, 6.45) is 2.41. The lowest BCUT2D eigenvalue weighted by Gasteiger charge is -2.15. The lowest BCUT2D eigenvalue weighted by atomic mass is 10.2. The number of aliphatic imine (C=N–C) groups is 1. The highest BCUT2D eigenvalue weighted by Gasteiger charge is 2.33. The number of ether oxygens (including phenoxy) is 1. The summed E-state index contributed by atoms with van der Waals surface area (Å²) in [5.74, 6) is -0.449. The molecule has 0 spiro atoms. The largest absolute Gasteiger partial charge is 0.385 e. The maximum absolute atomic E-state index is 13.4. The van der Waals surface area contributed by atoms with Gasteiger partial charge in [0.1, 0.15) is 5.82 Å². The minimum atomic E-state index is -0.329. The second kappa shape index (κ2) is 8.78. The van der Waals surface area contributed by atoms with Gasteiger partial charge in [-0.25, -0.2) is 9.38 Å². The van der Waals surface area contributed by atoms with Crippen molar-refractivity contribution in [3.05, 3.63) is 70.9 Å². The van der Waals surface area contributed by atoms with E-state index in [0.29, 0.717) is 35.2 Å². The van der Waals surface area contributed by atoms with Crippen LogP contribution in [-0.2, 0) is 9.53 Å². The molecule has 0 atom stereocenters. The molecule has 1 fully saturated rings. The molecule has 0 N–H and O–H groups in total. The number of benzene rings is 2. The third-order valence-electron chi connectivity index (χ3n) is 3.75. The molecule has 26 heavy (non-hydrogen) atoms. The van der Waals surface area contributed by atoms with Crippen molar-refractivity contribution in [3.63, 3.8) is 0 Å². The van der Waals surface area contributed by atoms with Crippen LogP contribution >= 0.6 is 11.8 Å². The number of hydrogen-bond acceptors (Lipinski definition) is 4. The van der Waals surface area contributed by atoms with Crippen molar-refractivity contribution in [2.75, 3.05) is 20.3 Å². The summed E-state index contributed by atoms with van der Waals surface area (Å²) < 4.78 is 18.5. The molecule has 0 aromatic heterocycles. The van der Waals surface area contributed by atoms with Crippen LogP contribution in [0.15, 0.2) is 64.5 Å². The zero-order chi connectivity index (χ0) is 18.4. The molecule has 0 saturated carbocycles. The smallest absolute Gasteiger partial charge is 0.266 e. The van der Waals surface area contributed by atoms with Crippen molar-refractivity contribution in [1.29, 1.82) is 0 Å². The van der Waals surface area contributed by atoms with E-state index in [1.54, 1.807) is 30.2 Å². The van der Waals surface area contributed by atoms with Crippen LogP contribution in [0.1, 0.15) is 12.0 Å². The van der Waals surface area contributed by atoms with E-state index in [4.69, 9.17) is 4.74 Å². The Balaban J connectivity index is 1.89. The van der Waals surface area contributed by atoms with Crippen LogP contribution in [-0.4, -0.2) is 36.2 Å². The number of halogens is 1. The van der Waals surface area contributed by atoms with Crippen LogP contribution in [0.25, 0.3) is 6.08 Å². The maximum Gasteiger partial charge on any atom is 0.266 e. The van der Waals surface area contributed by atoms with E-state index >= 15 is 0 Å². The molecule has 0 aliphatic carbocycles. The highest BCUT2D eigenvalue weighted by atomic mass is 32.2. The summed E-state index contributed by atoms with van der Waals surface area (Å²) in [6, 6.07) is 15.7. The van der Waals surface area contributed by atoms with E-state index in [1.165, 1.54) is 23.9 Å². The first kappa shape index (κ1) is 18.4. The molecule has 2 aromatic rings. The molecule has 1 aliphatic heterocycles. The van der Waals surface area contributed by atoms with Crippen LogP contribution < -0.4 is 0 Å². The van der Waals surface area contributed by atoms with E-state index < -0.39 is 0 Å². The van der Waals surface area contributed by atoms with Gasteiger partial charge in [0.15, 0.2) is 5.17 Å².